The van der Waals surface area contributed by atoms with E-state index < -0.39 is 0 Å². The Labute approximate surface area is 172 Å². The first kappa shape index (κ1) is 19.4. The third-order valence-electron chi connectivity index (χ3n) is 4.74. The molecule has 0 aliphatic rings. The monoisotopic (exact) mass is 400 g/mol. The van der Waals surface area contributed by atoms with Crippen molar-refractivity contribution >= 4 is 12.0 Å². The van der Waals surface area contributed by atoms with Gasteiger partial charge in [-0.05, 0) is 59.7 Å². The number of aromatic nitrogens is 2. The summed E-state index contributed by atoms with van der Waals surface area (Å²) in [7, 11) is 1.65. The van der Waals surface area contributed by atoms with E-state index in [4.69, 9.17) is 5.73 Å². The molecular formula is C24H18F2N4. The molecule has 0 fully saturated rings. The Hall–Kier alpha value is -3.93. The average molecular weight is 400 g/mol. The van der Waals surface area contributed by atoms with Crippen LogP contribution in [0.25, 0.3) is 33.5 Å². The maximum atomic E-state index is 13.6. The summed E-state index contributed by atoms with van der Waals surface area (Å²) in [5.41, 5.74) is 11.4. The summed E-state index contributed by atoms with van der Waals surface area (Å²) in [4.78, 5) is 12.9. The molecule has 0 unspecified atom stereocenters. The number of nitrogen functional groups attached to an aromatic ring is 1. The van der Waals surface area contributed by atoms with Gasteiger partial charge in [0, 0.05) is 47.9 Å². The number of benzene rings is 2. The lowest BCUT2D eigenvalue weighted by atomic mass is 9.88. The van der Waals surface area contributed by atoms with Crippen LogP contribution in [0.1, 0.15) is 5.56 Å². The zero-order valence-electron chi connectivity index (χ0n) is 16.2. The van der Waals surface area contributed by atoms with Crippen LogP contribution in [0.15, 0.2) is 78.0 Å². The van der Waals surface area contributed by atoms with Gasteiger partial charge in [-0.1, -0.05) is 12.1 Å². The molecular weight excluding hydrogens is 382 g/mol. The Morgan fingerprint density at radius 2 is 1.30 bits per heavy atom. The first-order chi connectivity index (χ1) is 14.6. The van der Waals surface area contributed by atoms with E-state index in [1.165, 1.54) is 24.3 Å². The highest BCUT2D eigenvalue weighted by atomic mass is 19.1. The molecule has 4 nitrogen and oxygen atoms in total. The SMILES string of the molecule is CN=Cc1c(N)nc(-c2ccc(F)cc2)c(-c2ccncc2)c1-c1ccc(F)cc1. The summed E-state index contributed by atoms with van der Waals surface area (Å²) in [6, 6.07) is 16.0. The van der Waals surface area contributed by atoms with E-state index in [0.29, 0.717) is 16.8 Å². The van der Waals surface area contributed by atoms with Gasteiger partial charge in [-0.25, -0.2) is 13.8 Å². The van der Waals surface area contributed by atoms with Crippen LogP contribution in [0.4, 0.5) is 14.6 Å². The van der Waals surface area contributed by atoms with Crippen molar-refractivity contribution in [1.82, 2.24) is 9.97 Å². The molecule has 30 heavy (non-hydrogen) atoms. The quantitative estimate of drug-likeness (QED) is 0.467. The van der Waals surface area contributed by atoms with Crippen molar-refractivity contribution in [3.8, 4) is 33.5 Å². The topological polar surface area (TPSA) is 64.2 Å². The van der Waals surface area contributed by atoms with Crippen molar-refractivity contribution in [3.63, 3.8) is 0 Å². The van der Waals surface area contributed by atoms with E-state index in [0.717, 1.165) is 22.3 Å². The molecule has 2 aromatic heterocycles. The lowest BCUT2D eigenvalue weighted by Gasteiger charge is -2.19. The number of pyridine rings is 2. The zero-order valence-corrected chi connectivity index (χ0v) is 16.2. The minimum atomic E-state index is -0.342. The fourth-order valence-electron chi connectivity index (χ4n) is 3.41. The highest BCUT2D eigenvalue weighted by Gasteiger charge is 2.21. The summed E-state index contributed by atoms with van der Waals surface area (Å²) < 4.78 is 27.2. The first-order valence-electron chi connectivity index (χ1n) is 9.26. The van der Waals surface area contributed by atoms with Crippen molar-refractivity contribution in [1.29, 1.82) is 0 Å². The smallest absolute Gasteiger partial charge is 0.133 e. The summed E-state index contributed by atoms with van der Waals surface area (Å²) in [6.07, 6.45) is 5.00. The normalized spacial score (nSPS) is 11.2. The Morgan fingerprint density at radius 3 is 1.87 bits per heavy atom. The average Bonchev–Trinajstić information content (AvgIpc) is 2.77. The number of nitrogens with two attached hydrogens (primary N) is 1. The van der Waals surface area contributed by atoms with Gasteiger partial charge in [0.25, 0.3) is 0 Å². The van der Waals surface area contributed by atoms with Crippen molar-refractivity contribution < 1.29 is 8.78 Å². The van der Waals surface area contributed by atoms with Crippen LogP contribution >= 0.6 is 0 Å². The fraction of sp³-hybridized carbons (Fsp3) is 0.0417. The number of anilines is 1. The molecule has 2 N–H and O–H groups in total. The van der Waals surface area contributed by atoms with Crippen LogP contribution in [0.3, 0.4) is 0 Å². The number of halogens is 2. The van der Waals surface area contributed by atoms with Gasteiger partial charge >= 0.3 is 0 Å². The van der Waals surface area contributed by atoms with Crippen LogP contribution in [0.5, 0.6) is 0 Å². The van der Waals surface area contributed by atoms with E-state index >= 15 is 0 Å². The van der Waals surface area contributed by atoms with Gasteiger partial charge in [-0.2, -0.15) is 0 Å². The van der Waals surface area contributed by atoms with Gasteiger partial charge in [0.2, 0.25) is 0 Å². The summed E-state index contributed by atoms with van der Waals surface area (Å²) >= 11 is 0. The predicted molar refractivity (Wildman–Crippen MR) is 116 cm³/mol. The molecule has 0 atom stereocenters. The molecule has 0 saturated heterocycles. The number of aliphatic imine (C=N–C) groups is 1. The molecule has 0 bridgehead atoms. The molecule has 0 aliphatic heterocycles. The Kier molecular flexibility index (Phi) is 5.30. The minimum Gasteiger partial charge on any atom is -0.383 e. The van der Waals surface area contributed by atoms with Gasteiger partial charge in [-0.15, -0.1) is 0 Å². The Morgan fingerprint density at radius 1 is 0.767 bits per heavy atom. The van der Waals surface area contributed by atoms with Gasteiger partial charge < -0.3 is 5.73 Å². The maximum Gasteiger partial charge on any atom is 0.133 e. The van der Waals surface area contributed by atoms with Gasteiger partial charge in [-0.3, -0.25) is 9.98 Å². The number of nitrogens with zero attached hydrogens (tertiary/aromatic N) is 3. The molecule has 4 aromatic rings. The summed E-state index contributed by atoms with van der Waals surface area (Å²) in [5, 5.41) is 0. The maximum absolute atomic E-state index is 13.6. The highest BCUT2D eigenvalue weighted by molar-refractivity contribution is 6.05. The second kappa shape index (κ2) is 8.21. The molecule has 148 valence electrons. The van der Waals surface area contributed by atoms with Crippen molar-refractivity contribution in [2.45, 2.75) is 0 Å². The van der Waals surface area contributed by atoms with Crippen LogP contribution in [0, 0.1) is 11.6 Å². The van der Waals surface area contributed by atoms with Crippen LogP contribution < -0.4 is 5.73 Å². The second-order valence-corrected chi connectivity index (χ2v) is 6.65. The summed E-state index contributed by atoms with van der Waals surface area (Å²) in [5.74, 6) is -0.404. The Bertz CT molecular complexity index is 1200. The molecule has 0 aliphatic carbocycles. The molecule has 6 heteroatoms. The summed E-state index contributed by atoms with van der Waals surface area (Å²) in [6.45, 7) is 0. The molecule has 0 radical (unpaired) electrons. The standard InChI is InChI=1S/C24H18F2N4/c1-28-14-20-21(15-2-6-18(25)7-3-15)22(16-10-12-29-13-11-16)23(30-24(20)27)17-4-8-19(26)9-5-17/h2-14H,1H3,(H2,27,30). The van der Waals surface area contributed by atoms with E-state index in [-0.39, 0.29) is 17.5 Å². The molecule has 0 saturated carbocycles. The lowest BCUT2D eigenvalue weighted by molar-refractivity contribution is 0.627. The molecule has 0 amide bonds. The van der Waals surface area contributed by atoms with E-state index in [9.17, 15) is 8.78 Å². The predicted octanol–water partition coefficient (Wildman–Crippen LogP) is 5.39. The van der Waals surface area contributed by atoms with Crippen LogP contribution in [0.2, 0.25) is 0 Å². The van der Waals surface area contributed by atoms with Gasteiger partial charge in [0.1, 0.15) is 17.5 Å². The first-order valence-corrected chi connectivity index (χ1v) is 9.26. The molecule has 4 rings (SSSR count). The van der Waals surface area contributed by atoms with Crippen molar-refractivity contribution in [2.24, 2.45) is 4.99 Å². The van der Waals surface area contributed by atoms with Crippen LogP contribution in [-0.4, -0.2) is 23.2 Å². The zero-order chi connectivity index (χ0) is 21.1. The van der Waals surface area contributed by atoms with Crippen molar-refractivity contribution in [3.05, 3.63) is 90.3 Å². The fourth-order valence-corrected chi connectivity index (χ4v) is 3.41. The minimum absolute atomic E-state index is 0.275. The van der Waals surface area contributed by atoms with E-state index in [2.05, 4.69) is 15.0 Å². The van der Waals surface area contributed by atoms with Gasteiger partial charge in [0.15, 0.2) is 0 Å². The number of hydrogen-bond acceptors (Lipinski definition) is 4. The molecule has 0 spiro atoms. The molecule has 2 aromatic carbocycles. The van der Waals surface area contributed by atoms with E-state index in [1.807, 2.05) is 12.1 Å². The number of hydrogen-bond donors (Lipinski definition) is 1. The third kappa shape index (κ3) is 3.67. The van der Waals surface area contributed by atoms with Crippen LogP contribution in [-0.2, 0) is 0 Å². The van der Waals surface area contributed by atoms with Gasteiger partial charge in [0.05, 0.1) is 5.69 Å². The van der Waals surface area contributed by atoms with Crippen molar-refractivity contribution in [2.75, 3.05) is 12.8 Å². The largest absolute Gasteiger partial charge is 0.383 e. The number of rotatable bonds is 4. The second-order valence-electron chi connectivity index (χ2n) is 6.65. The van der Waals surface area contributed by atoms with E-state index in [1.54, 1.807) is 49.9 Å². The third-order valence-corrected chi connectivity index (χ3v) is 4.74. The Balaban J connectivity index is 2.14. The lowest BCUT2D eigenvalue weighted by Crippen LogP contribution is -2.05. The highest BCUT2D eigenvalue weighted by Crippen LogP contribution is 2.42. The molecule has 2 heterocycles.